The van der Waals surface area contributed by atoms with Crippen LogP contribution in [-0.4, -0.2) is 14.8 Å². The van der Waals surface area contributed by atoms with Gasteiger partial charge in [0.05, 0.1) is 17.3 Å². The first-order valence-electron chi connectivity index (χ1n) is 6.73. The lowest BCUT2D eigenvalue weighted by atomic mass is 9.96. The van der Waals surface area contributed by atoms with E-state index in [0.29, 0.717) is 23.0 Å². The zero-order valence-corrected chi connectivity index (χ0v) is 13.1. The maximum atomic E-state index is 11.8. The first-order chi connectivity index (χ1) is 9.85. The van der Waals surface area contributed by atoms with Crippen molar-refractivity contribution in [2.45, 2.75) is 27.3 Å². The van der Waals surface area contributed by atoms with E-state index in [9.17, 15) is 4.79 Å². The molecule has 0 unspecified atom stereocenters. The van der Waals surface area contributed by atoms with Gasteiger partial charge >= 0.3 is 0 Å². The number of rotatable bonds is 3. The van der Waals surface area contributed by atoms with Crippen LogP contribution in [0.5, 0.6) is 0 Å². The highest BCUT2D eigenvalue weighted by Gasteiger charge is 2.06. The van der Waals surface area contributed by atoms with Gasteiger partial charge in [0.2, 0.25) is 0 Å². The molecule has 2 rings (SSSR count). The Labute approximate surface area is 129 Å². The number of hydrogen-bond donors (Lipinski definition) is 0. The predicted molar refractivity (Wildman–Crippen MR) is 85.3 cm³/mol. The van der Waals surface area contributed by atoms with Crippen LogP contribution in [0.2, 0.25) is 5.02 Å². The lowest BCUT2D eigenvalue weighted by molar-refractivity contribution is 0.537. The second-order valence-electron chi connectivity index (χ2n) is 5.87. The summed E-state index contributed by atoms with van der Waals surface area (Å²) in [5, 5.41) is 4.91. The van der Waals surface area contributed by atoms with Gasteiger partial charge in [-0.2, -0.15) is 5.10 Å². The van der Waals surface area contributed by atoms with Crippen LogP contribution in [0.3, 0.4) is 0 Å². The minimum Gasteiger partial charge on any atom is -0.268 e. The minimum atomic E-state index is -0.133. The third-order valence-corrected chi connectivity index (χ3v) is 2.98. The summed E-state index contributed by atoms with van der Waals surface area (Å²) in [4.78, 5) is 16.0. The van der Waals surface area contributed by atoms with Gasteiger partial charge in [0.15, 0.2) is 0 Å². The van der Waals surface area contributed by atoms with Gasteiger partial charge in [0.25, 0.3) is 5.56 Å². The normalized spacial score (nSPS) is 12.0. The molecule has 2 aromatic heterocycles. The summed E-state index contributed by atoms with van der Waals surface area (Å²) in [5.41, 5.74) is 1.29. The molecule has 0 aromatic carbocycles. The average Bonchev–Trinajstić information content (AvgIpc) is 2.40. The van der Waals surface area contributed by atoms with Crippen molar-refractivity contribution in [3.05, 3.63) is 58.0 Å². The summed E-state index contributed by atoms with van der Waals surface area (Å²) in [6.45, 7) is 6.76. The molecule has 0 saturated heterocycles. The van der Waals surface area contributed by atoms with Gasteiger partial charge in [0, 0.05) is 12.3 Å². The lowest BCUT2D eigenvalue weighted by Gasteiger charge is -2.11. The van der Waals surface area contributed by atoms with E-state index in [-0.39, 0.29) is 11.0 Å². The second kappa shape index (κ2) is 6.22. The van der Waals surface area contributed by atoms with Crippen LogP contribution < -0.4 is 5.56 Å². The Balaban J connectivity index is 2.27. The molecule has 0 aliphatic heterocycles. The molecule has 2 heterocycles. The number of pyridine rings is 1. The molecule has 0 aliphatic carbocycles. The zero-order chi connectivity index (χ0) is 15.5. The summed E-state index contributed by atoms with van der Waals surface area (Å²) >= 11 is 5.82. The van der Waals surface area contributed by atoms with Crippen LogP contribution in [-0.2, 0) is 6.54 Å². The van der Waals surface area contributed by atoms with E-state index in [0.717, 1.165) is 0 Å². The standard InChI is InChI=1S/C16H18ClN3O/c1-16(2,3)9-4-10-20-15(21)8-7-14(19-20)13-6-5-12(17)11-18-13/h4-9,11H,10H2,1-3H3/b9-4+. The van der Waals surface area contributed by atoms with Crippen molar-refractivity contribution in [3.8, 4) is 11.4 Å². The molecule has 2 aromatic rings. The van der Waals surface area contributed by atoms with Gasteiger partial charge in [-0.05, 0) is 23.6 Å². The summed E-state index contributed by atoms with van der Waals surface area (Å²) in [6, 6.07) is 6.71. The van der Waals surface area contributed by atoms with Crippen molar-refractivity contribution < 1.29 is 0 Å². The van der Waals surface area contributed by atoms with E-state index < -0.39 is 0 Å². The first-order valence-corrected chi connectivity index (χ1v) is 7.11. The highest BCUT2D eigenvalue weighted by Crippen LogP contribution is 2.16. The van der Waals surface area contributed by atoms with Gasteiger partial charge in [-0.3, -0.25) is 9.78 Å². The molecule has 0 spiro atoms. The average molecular weight is 304 g/mol. The van der Waals surface area contributed by atoms with Crippen LogP contribution in [0.15, 0.2) is 47.4 Å². The number of halogens is 1. The van der Waals surface area contributed by atoms with E-state index in [2.05, 4.69) is 36.9 Å². The zero-order valence-electron chi connectivity index (χ0n) is 12.4. The van der Waals surface area contributed by atoms with Crippen molar-refractivity contribution in [1.29, 1.82) is 0 Å². The molecular formula is C16H18ClN3O. The molecule has 110 valence electrons. The van der Waals surface area contributed by atoms with Crippen LogP contribution in [0, 0.1) is 5.41 Å². The van der Waals surface area contributed by atoms with Crippen LogP contribution in [0.4, 0.5) is 0 Å². The summed E-state index contributed by atoms with van der Waals surface area (Å²) in [6.07, 6.45) is 5.58. The third kappa shape index (κ3) is 4.53. The Morgan fingerprint density at radius 2 is 1.90 bits per heavy atom. The number of allylic oxidation sites excluding steroid dienone is 2. The molecule has 0 aliphatic rings. The maximum absolute atomic E-state index is 11.8. The van der Waals surface area contributed by atoms with Crippen molar-refractivity contribution in [1.82, 2.24) is 14.8 Å². The molecule has 0 amide bonds. The Hall–Kier alpha value is -1.94. The van der Waals surface area contributed by atoms with Crippen LogP contribution >= 0.6 is 11.6 Å². The van der Waals surface area contributed by atoms with E-state index >= 15 is 0 Å². The van der Waals surface area contributed by atoms with E-state index in [1.165, 1.54) is 10.7 Å². The molecule has 0 radical (unpaired) electrons. The first kappa shape index (κ1) is 15.4. The highest BCUT2D eigenvalue weighted by atomic mass is 35.5. The molecule has 0 bridgehead atoms. The summed E-state index contributed by atoms with van der Waals surface area (Å²) < 4.78 is 1.42. The lowest BCUT2D eigenvalue weighted by Crippen LogP contribution is -2.21. The van der Waals surface area contributed by atoms with Crippen molar-refractivity contribution >= 4 is 11.6 Å². The molecule has 0 atom stereocenters. The maximum Gasteiger partial charge on any atom is 0.267 e. The Kier molecular flexibility index (Phi) is 4.58. The molecule has 5 heteroatoms. The smallest absolute Gasteiger partial charge is 0.267 e. The molecule has 0 saturated carbocycles. The highest BCUT2D eigenvalue weighted by molar-refractivity contribution is 6.30. The topological polar surface area (TPSA) is 47.8 Å². The second-order valence-corrected chi connectivity index (χ2v) is 6.31. The van der Waals surface area contributed by atoms with E-state index in [1.54, 1.807) is 24.4 Å². The molecule has 0 N–H and O–H groups in total. The fraction of sp³-hybridized carbons (Fsp3) is 0.312. The van der Waals surface area contributed by atoms with E-state index in [1.807, 2.05) is 6.08 Å². The third-order valence-electron chi connectivity index (χ3n) is 2.75. The molecule has 4 nitrogen and oxygen atoms in total. The van der Waals surface area contributed by atoms with Crippen LogP contribution in [0.25, 0.3) is 11.4 Å². The Morgan fingerprint density at radius 1 is 1.19 bits per heavy atom. The predicted octanol–water partition coefficient (Wildman–Crippen LogP) is 3.56. The van der Waals surface area contributed by atoms with Crippen molar-refractivity contribution in [3.63, 3.8) is 0 Å². The van der Waals surface area contributed by atoms with Gasteiger partial charge in [-0.25, -0.2) is 4.68 Å². The van der Waals surface area contributed by atoms with Crippen LogP contribution in [0.1, 0.15) is 20.8 Å². The number of nitrogens with zero attached hydrogens (tertiary/aromatic N) is 3. The molecule has 21 heavy (non-hydrogen) atoms. The van der Waals surface area contributed by atoms with Gasteiger partial charge < -0.3 is 0 Å². The molecule has 0 fully saturated rings. The SMILES string of the molecule is CC(C)(C)/C=C/Cn1nc(-c2ccc(Cl)cn2)ccc1=O. The number of aromatic nitrogens is 3. The fourth-order valence-corrected chi connectivity index (χ4v) is 1.86. The van der Waals surface area contributed by atoms with Gasteiger partial charge in [-0.15, -0.1) is 0 Å². The van der Waals surface area contributed by atoms with Crippen molar-refractivity contribution in [2.75, 3.05) is 0 Å². The quantitative estimate of drug-likeness (QED) is 0.815. The largest absolute Gasteiger partial charge is 0.268 e. The Bertz CT molecular complexity index is 697. The van der Waals surface area contributed by atoms with Crippen molar-refractivity contribution in [2.24, 2.45) is 5.41 Å². The summed E-state index contributed by atoms with van der Waals surface area (Å²) in [7, 11) is 0. The monoisotopic (exact) mass is 303 g/mol. The number of hydrogen-bond acceptors (Lipinski definition) is 3. The summed E-state index contributed by atoms with van der Waals surface area (Å²) in [5.74, 6) is 0. The molecular weight excluding hydrogens is 286 g/mol. The van der Waals surface area contributed by atoms with Gasteiger partial charge in [-0.1, -0.05) is 44.5 Å². The fourth-order valence-electron chi connectivity index (χ4n) is 1.75. The van der Waals surface area contributed by atoms with Gasteiger partial charge in [0.1, 0.15) is 5.69 Å². The van der Waals surface area contributed by atoms with E-state index in [4.69, 9.17) is 11.6 Å². The minimum absolute atomic E-state index is 0.0823. The Morgan fingerprint density at radius 3 is 2.52 bits per heavy atom.